The summed E-state index contributed by atoms with van der Waals surface area (Å²) in [5.74, 6) is 0.202. The van der Waals surface area contributed by atoms with E-state index in [4.69, 9.17) is 0 Å². The fourth-order valence-corrected chi connectivity index (χ4v) is 2.62. The van der Waals surface area contributed by atoms with Crippen LogP contribution in [0.3, 0.4) is 0 Å². The second-order valence-electron chi connectivity index (χ2n) is 6.61. The van der Waals surface area contributed by atoms with Crippen LogP contribution in [0.2, 0.25) is 0 Å². The molecule has 0 aromatic heterocycles. The minimum atomic E-state index is -0.344. The molecule has 6 heteroatoms. The number of urea groups is 1. The van der Waals surface area contributed by atoms with Gasteiger partial charge in [0.05, 0.1) is 6.54 Å². The molecule has 1 fully saturated rings. The Kier molecular flexibility index (Phi) is 6.73. The van der Waals surface area contributed by atoms with Crippen LogP contribution in [0.15, 0.2) is 24.3 Å². The van der Waals surface area contributed by atoms with Crippen LogP contribution in [0.25, 0.3) is 0 Å². The number of carbonyl (C=O) groups is 2. The first-order valence-electron chi connectivity index (χ1n) is 8.49. The van der Waals surface area contributed by atoms with Crippen LogP contribution in [-0.4, -0.2) is 60.9 Å². The molecule has 1 aliphatic rings. The lowest BCUT2D eigenvalue weighted by molar-refractivity contribution is 0.0878. The molecule has 0 bridgehead atoms. The summed E-state index contributed by atoms with van der Waals surface area (Å²) in [7, 11) is 0. The third-order valence-electron chi connectivity index (χ3n) is 4.19. The van der Waals surface area contributed by atoms with Crippen LogP contribution in [0.5, 0.6) is 0 Å². The third kappa shape index (κ3) is 5.60. The van der Waals surface area contributed by atoms with Crippen LogP contribution in [0, 0.1) is 11.7 Å². The van der Waals surface area contributed by atoms with E-state index < -0.39 is 0 Å². The van der Waals surface area contributed by atoms with Crippen molar-refractivity contribution >= 4 is 11.8 Å². The second-order valence-corrected chi connectivity index (χ2v) is 6.61. The number of benzene rings is 1. The van der Waals surface area contributed by atoms with Gasteiger partial charge in [0, 0.05) is 38.3 Å². The van der Waals surface area contributed by atoms with Crippen LogP contribution in [0.4, 0.5) is 9.18 Å². The van der Waals surface area contributed by atoms with E-state index in [1.807, 2.05) is 4.90 Å². The molecule has 132 valence electrons. The molecule has 24 heavy (non-hydrogen) atoms. The van der Waals surface area contributed by atoms with Crippen LogP contribution in [-0.2, 0) is 0 Å². The summed E-state index contributed by atoms with van der Waals surface area (Å²) in [6, 6.07) is 5.59. The molecular weight excluding hydrogens is 309 g/mol. The highest BCUT2D eigenvalue weighted by atomic mass is 19.1. The highest BCUT2D eigenvalue weighted by Gasteiger charge is 2.22. The Balaban J connectivity index is 1.73. The van der Waals surface area contributed by atoms with Crippen molar-refractivity contribution in [3.05, 3.63) is 35.6 Å². The van der Waals surface area contributed by atoms with E-state index in [1.165, 1.54) is 24.3 Å². The average Bonchev–Trinajstić information content (AvgIpc) is 2.55. The fraction of sp³-hybridized carbons (Fsp3) is 0.556. The molecule has 5 nitrogen and oxygen atoms in total. The van der Waals surface area contributed by atoms with Crippen molar-refractivity contribution in [3.8, 4) is 0 Å². The highest BCUT2D eigenvalue weighted by Crippen LogP contribution is 2.08. The van der Waals surface area contributed by atoms with Crippen molar-refractivity contribution in [2.75, 3.05) is 39.3 Å². The van der Waals surface area contributed by atoms with Crippen molar-refractivity contribution in [3.63, 3.8) is 0 Å². The monoisotopic (exact) mass is 335 g/mol. The van der Waals surface area contributed by atoms with Crippen molar-refractivity contribution in [1.82, 2.24) is 15.1 Å². The maximum Gasteiger partial charge on any atom is 0.317 e. The Morgan fingerprint density at radius 2 is 1.75 bits per heavy atom. The summed E-state index contributed by atoms with van der Waals surface area (Å²) in [5.41, 5.74) is 0.519. The number of hydrogen-bond acceptors (Lipinski definition) is 3. The van der Waals surface area contributed by atoms with Gasteiger partial charge >= 0.3 is 6.03 Å². The Hall–Kier alpha value is -1.95. The average molecular weight is 335 g/mol. The largest absolute Gasteiger partial charge is 0.338 e. The standard InChI is InChI=1S/C18H26FN3O2/c1-14(2)7-8-20-18(24)22-11-9-21(10-12-22)13-17(23)15-3-5-16(19)6-4-15/h3-6,14H,7-13H2,1-2H3,(H,20,24). The molecular formula is C18H26FN3O2. The highest BCUT2D eigenvalue weighted by molar-refractivity contribution is 5.97. The van der Waals surface area contributed by atoms with Gasteiger partial charge in [0.1, 0.15) is 5.82 Å². The summed E-state index contributed by atoms with van der Waals surface area (Å²) in [6.45, 7) is 7.82. The third-order valence-corrected chi connectivity index (χ3v) is 4.19. The Labute approximate surface area is 142 Å². The van der Waals surface area contributed by atoms with Gasteiger partial charge in [0.25, 0.3) is 0 Å². The topological polar surface area (TPSA) is 52.7 Å². The maximum absolute atomic E-state index is 12.9. The number of piperazine rings is 1. The number of nitrogens with one attached hydrogen (secondary N) is 1. The molecule has 0 radical (unpaired) electrons. The Morgan fingerprint density at radius 3 is 2.33 bits per heavy atom. The number of Topliss-reactive ketones (excluding diaryl/α,β-unsaturated/α-hetero) is 1. The Bertz CT molecular complexity index is 552. The van der Waals surface area contributed by atoms with Crippen molar-refractivity contribution < 1.29 is 14.0 Å². The van der Waals surface area contributed by atoms with Crippen LogP contribution >= 0.6 is 0 Å². The molecule has 1 aromatic rings. The smallest absolute Gasteiger partial charge is 0.317 e. The molecule has 2 rings (SSSR count). The fourth-order valence-electron chi connectivity index (χ4n) is 2.62. The number of halogens is 1. The predicted octanol–water partition coefficient (Wildman–Crippen LogP) is 2.38. The van der Waals surface area contributed by atoms with E-state index in [2.05, 4.69) is 19.2 Å². The minimum absolute atomic E-state index is 0.0233. The zero-order valence-electron chi connectivity index (χ0n) is 14.4. The van der Waals surface area contributed by atoms with Crippen LogP contribution < -0.4 is 5.32 Å². The van der Waals surface area contributed by atoms with Crippen LogP contribution in [0.1, 0.15) is 30.6 Å². The quantitative estimate of drug-likeness (QED) is 0.812. The lowest BCUT2D eigenvalue weighted by Gasteiger charge is -2.34. The predicted molar refractivity (Wildman–Crippen MR) is 91.6 cm³/mol. The molecule has 0 saturated carbocycles. The minimum Gasteiger partial charge on any atom is -0.338 e. The number of carbonyl (C=O) groups excluding carboxylic acids is 2. The first-order valence-corrected chi connectivity index (χ1v) is 8.49. The lowest BCUT2D eigenvalue weighted by atomic mass is 10.1. The zero-order chi connectivity index (χ0) is 17.5. The molecule has 1 aromatic carbocycles. The van der Waals surface area contributed by atoms with E-state index in [9.17, 15) is 14.0 Å². The van der Waals surface area contributed by atoms with Crippen molar-refractivity contribution in [2.24, 2.45) is 5.92 Å². The van der Waals surface area contributed by atoms with E-state index in [0.29, 0.717) is 50.7 Å². The van der Waals surface area contributed by atoms with E-state index >= 15 is 0 Å². The van der Waals surface area contributed by atoms with Gasteiger partial charge in [-0.3, -0.25) is 9.69 Å². The summed E-state index contributed by atoms with van der Waals surface area (Å²) in [4.78, 5) is 28.1. The molecule has 2 amide bonds. The number of rotatable bonds is 6. The molecule has 0 unspecified atom stereocenters. The van der Waals surface area contributed by atoms with Crippen molar-refractivity contribution in [1.29, 1.82) is 0 Å². The van der Waals surface area contributed by atoms with E-state index in [0.717, 1.165) is 6.42 Å². The summed E-state index contributed by atoms with van der Waals surface area (Å²) in [6.07, 6.45) is 0.970. The van der Waals surface area contributed by atoms with Gasteiger partial charge in [0.2, 0.25) is 0 Å². The number of hydrogen-bond donors (Lipinski definition) is 1. The van der Waals surface area contributed by atoms with Gasteiger partial charge in [-0.25, -0.2) is 9.18 Å². The molecule has 0 aliphatic carbocycles. The van der Waals surface area contributed by atoms with Gasteiger partial charge in [-0.1, -0.05) is 13.8 Å². The van der Waals surface area contributed by atoms with Gasteiger partial charge in [0.15, 0.2) is 5.78 Å². The molecule has 1 N–H and O–H groups in total. The zero-order valence-corrected chi connectivity index (χ0v) is 14.4. The number of nitrogens with zero attached hydrogens (tertiary/aromatic N) is 2. The summed E-state index contributed by atoms with van der Waals surface area (Å²) in [5, 5.41) is 2.94. The van der Waals surface area contributed by atoms with E-state index in [-0.39, 0.29) is 17.6 Å². The van der Waals surface area contributed by atoms with Gasteiger partial charge < -0.3 is 10.2 Å². The maximum atomic E-state index is 12.9. The van der Waals surface area contributed by atoms with Gasteiger partial charge in [-0.05, 0) is 36.6 Å². The summed E-state index contributed by atoms with van der Waals surface area (Å²) < 4.78 is 12.9. The second kappa shape index (κ2) is 8.78. The molecule has 0 atom stereocenters. The SMILES string of the molecule is CC(C)CCNC(=O)N1CCN(CC(=O)c2ccc(F)cc2)CC1. The molecule has 1 saturated heterocycles. The van der Waals surface area contributed by atoms with Crippen molar-refractivity contribution in [2.45, 2.75) is 20.3 Å². The molecule has 1 heterocycles. The number of ketones is 1. The van der Waals surface area contributed by atoms with E-state index in [1.54, 1.807) is 4.90 Å². The summed E-state index contributed by atoms with van der Waals surface area (Å²) >= 11 is 0. The first-order chi connectivity index (χ1) is 11.5. The first kappa shape index (κ1) is 18.4. The normalized spacial score (nSPS) is 15.6. The van der Waals surface area contributed by atoms with Gasteiger partial charge in [-0.15, -0.1) is 0 Å². The number of amides is 2. The lowest BCUT2D eigenvalue weighted by Crippen LogP contribution is -2.52. The Morgan fingerprint density at radius 1 is 1.12 bits per heavy atom. The molecule has 1 aliphatic heterocycles. The molecule has 0 spiro atoms. The van der Waals surface area contributed by atoms with Gasteiger partial charge in [-0.2, -0.15) is 0 Å².